The molecule has 1 N–H and O–H groups in total. The number of nitrogens with zero attached hydrogens (tertiary/aromatic N) is 1. The third-order valence-corrected chi connectivity index (χ3v) is 3.46. The largest absolute Gasteiger partial charge is 0.463 e. The van der Waals surface area contributed by atoms with Crippen molar-refractivity contribution in [1.82, 2.24) is 5.43 Å². The molecule has 0 aliphatic rings. The number of benzene rings is 2. The van der Waals surface area contributed by atoms with Crippen LogP contribution in [-0.4, -0.2) is 11.6 Å². The van der Waals surface area contributed by atoms with Crippen molar-refractivity contribution < 1.29 is 9.21 Å². The Morgan fingerprint density at radius 2 is 1.91 bits per heavy atom. The van der Waals surface area contributed by atoms with Gasteiger partial charge in [0.15, 0.2) is 0 Å². The standard InChI is InChI=1S/C18H16N2O2/c1-13(17-10-5-11-22-17)19-20-18(21)12-15-8-4-7-14-6-2-3-9-16(14)15/h2-11H,12H2,1H3,(H,20,21). The molecule has 0 spiro atoms. The molecular formula is C18H16N2O2. The Hall–Kier alpha value is -2.88. The van der Waals surface area contributed by atoms with Crippen LogP contribution in [0.25, 0.3) is 10.8 Å². The van der Waals surface area contributed by atoms with Crippen LogP contribution in [0.1, 0.15) is 18.2 Å². The Bertz CT molecular complexity index is 815. The fourth-order valence-electron chi connectivity index (χ4n) is 2.34. The van der Waals surface area contributed by atoms with E-state index in [1.54, 1.807) is 25.3 Å². The van der Waals surface area contributed by atoms with Gasteiger partial charge in [0.1, 0.15) is 11.5 Å². The average Bonchev–Trinajstić information content (AvgIpc) is 3.07. The second kappa shape index (κ2) is 6.26. The van der Waals surface area contributed by atoms with E-state index < -0.39 is 0 Å². The van der Waals surface area contributed by atoms with E-state index in [0.29, 0.717) is 11.5 Å². The second-order valence-corrected chi connectivity index (χ2v) is 5.02. The molecule has 1 amide bonds. The zero-order valence-electron chi connectivity index (χ0n) is 12.2. The first-order valence-electron chi connectivity index (χ1n) is 7.07. The van der Waals surface area contributed by atoms with Crippen LogP contribution >= 0.6 is 0 Å². The van der Waals surface area contributed by atoms with E-state index in [2.05, 4.69) is 10.5 Å². The van der Waals surface area contributed by atoms with Crippen molar-refractivity contribution in [3.8, 4) is 0 Å². The minimum absolute atomic E-state index is 0.151. The lowest BCUT2D eigenvalue weighted by molar-refractivity contribution is -0.120. The summed E-state index contributed by atoms with van der Waals surface area (Å²) in [5.41, 5.74) is 4.20. The molecule has 4 nitrogen and oxygen atoms in total. The normalized spacial score (nSPS) is 11.6. The molecular weight excluding hydrogens is 276 g/mol. The monoisotopic (exact) mass is 292 g/mol. The van der Waals surface area contributed by atoms with Crippen molar-refractivity contribution in [3.63, 3.8) is 0 Å². The lowest BCUT2D eigenvalue weighted by Crippen LogP contribution is -2.21. The van der Waals surface area contributed by atoms with Crippen LogP contribution in [0.5, 0.6) is 0 Å². The van der Waals surface area contributed by atoms with Crippen LogP contribution in [0.3, 0.4) is 0 Å². The third kappa shape index (κ3) is 3.06. The van der Waals surface area contributed by atoms with E-state index in [0.717, 1.165) is 16.3 Å². The van der Waals surface area contributed by atoms with Crippen LogP contribution in [0.15, 0.2) is 70.4 Å². The SMILES string of the molecule is CC(=NNC(=O)Cc1cccc2ccccc12)c1ccco1. The van der Waals surface area contributed by atoms with Crippen molar-refractivity contribution in [1.29, 1.82) is 0 Å². The summed E-state index contributed by atoms with van der Waals surface area (Å²) in [5, 5.41) is 6.28. The van der Waals surface area contributed by atoms with E-state index in [-0.39, 0.29) is 12.3 Å². The average molecular weight is 292 g/mol. The van der Waals surface area contributed by atoms with Gasteiger partial charge < -0.3 is 4.42 Å². The number of fused-ring (bicyclic) bond motifs is 1. The van der Waals surface area contributed by atoms with Gasteiger partial charge in [0.25, 0.3) is 0 Å². The minimum atomic E-state index is -0.151. The Kier molecular flexibility index (Phi) is 4.01. The molecule has 0 saturated carbocycles. The molecule has 0 unspecified atom stereocenters. The maximum absolute atomic E-state index is 12.1. The summed E-state index contributed by atoms with van der Waals surface area (Å²) in [7, 11) is 0. The summed E-state index contributed by atoms with van der Waals surface area (Å²) >= 11 is 0. The van der Waals surface area contributed by atoms with Crippen molar-refractivity contribution in [3.05, 3.63) is 72.2 Å². The molecule has 0 fully saturated rings. The van der Waals surface area contributed by atoms with Crippen LogP contribution in [-0.2, 0) is 11.2 Å². The van der Waals surface area contributed by atoms with Gasteiger partial charge in [-0.05, 0) is 35.4 Å². The molecule has 22 heavy (non-hydrogen) atoms. The second-order valence-electron chi connectivity index (χ2n) is 5.02. The highest BCUT2D eigenvalue weighted by Crippen LogP contribution is 2.18. The molecule has 0 bridgehead atoms. The maximum Gasteiger partial charge on any atom is 0.244 e. The lowest BCUT2D eigenvalue weighted by Gasteiger charge is -2.06. The number of furan rings is 1. The number of hydrazone groups is 1. The molecule has 3 aromatic rings. The number of hydrogen-bond donors (Lipinski definition) is 1. The van der Waals surface area contributed by atoms with Crippen molar-refractivity contribution in [2.24, 2.45) is 5.10 Å². The maximum atomic E-state index is 12.1. The number of nitrogens with one attached hydrogen (secondary N) is 1. The van der Waals surface area contributed by atoms with Crippen LogP contribution < -0.4 is 5.43 Å². The molecule has 1 heterocycles. The van der Waals surface area contributed by atoms with Gasteiger partial charge in [0, 0.05) is 0 Å². The number of hydrogen-bond acceptors (Lipinski definition) is 3. The van der Waals surface area contributed by atoms with Crippen LogP contribution in [0.2, 0.25) is 0 Å². The van der Waals surface area contributed by atoms with Gasteiger partial charge in [-0.2, -0.15) is 5.10 Å². The van der Waals surface area contributed by atoms with Crippen molar-refractivity contribution in [2.45, 2.75) is 13.3 Å². The molecule has 0 aliphatic carbocycles. The first-order valence-corrected chi connectivity index (χ1v) is 7.07. The van der Waals surface area contributed by atoms with Gasteiger partial charge in [-0.15, -0.1) is 0 Å². The Morgan fingerprint density at radius 3 is 2.73 bits per heavy atom. The minimum Gasteiger partial charge on any atom is -0.463 e. The first-order chi connectivity index (χ1) is 10.7. The summed E-state index contributed by atoms with van der Waals surface area (Å²) < 4.78 is 5.22. The molecule has 4 heteroatoms. The Labute approximate surface area is 128 Å². The molecule has 0 saturated heterocycles. The molecule has 3 rings (SSSR count). The van der Waals surface area contributed by atoms with Gasteiger partial charge in [0.05, 0.1) is 12.7 Å². The van der Waals surface area contributed by atoms with Gasteiger partial charge in [-0.3, -0.25) is 4.79 Å². The zero-order valence-corrected chi connectivity index (χ0v) is 12.2. The van der Waals surface area contributed by atoms with Crippen LogP contribution in [0.4, 0.5) is 0 Å². The Balaban J connectivity index is 1.72. The number of rotatable bonds is 4. The summed E-state index contributed by atoms with van der Waals surface area (Å²) in [5.74, 6) is 0.493. The van der Waals surface area contributed by atoms with E-state index in [9.17, 15) is 4.79 Å². The Morgan fingerprint density at radius 1 is 1.09 bits per heavy atom. The third-order valence-electron chi connectivity index (χ3n) is 3.46. The van der Waals surface area contributed by atoms with E-state index in [4.69, 9.17) is 4.42 Å². The van der Waals surface area contributed by atoms with E-state index in [1.807, 2.05) is 42.5 Å². The van der Waals surface area contributed by atoms with Gasteiger partial charge >= 0.3 is 0 Å². The highest BCUT2D eigenvalue weighted by atomic mass is 16.3. The van der Waals surface area contributed by atoms with E-state index >= 15 is 0 Å². The molecule has 1 aromatic heterocycles. The molecule has 0 aliphatic heterocycles. The highest BCUT2D eigenvalue weighted by molar-refractivity contribution is 5.97. The van der Waals surface area contributed by atoms with Crippen LogP contribution in [0, 0.1) is 0 Å². The lowest BCUT2D eigenvalue weighted by atomic mass is 10.0. The molecule has 2 aromatic carbocycles. The van der Waals surface area contributed by atoms with E-state index in [1.165, 1.54) is 0 Å². The quantitative estimate of drug-likeness (QED) is 0.591. The number of carbonyl (C=O) groups excluding carboxylic acids is 1. The fraction of sp³-hybridized carbons (Fsp3) is 0.111. The number of amides is 1. The predicted molar refractivity (Wildman–Crippen MR) is 86.7 cm³/mol. The smallest absolute Gasteiger partial charge is 0.244 e. The summed E-state index contributed by atoms with van der Waals surface area (Å²) in [6.07, 6.45) is 1.86. The summed E-state index contributed by atoms with van der Waals surface area (Å²) in [6.45, 7) is 1.79. The van der Waals surface area contributed by atoms with Crippen molar-refractivity contribution >= 4 is 22.4 Å². The topological polar surface area (TPSA) is 54.6 Å². The van der Waals surface area contributed by atoms with Crippen molar-refractivity contribution in [2.75, 3.05) is 0 Å². The molecule has 110 valence electrons. The summed E-state index contributed by atoms with van der Waals surface area (Å²) in [4.78, 5) is 12.1. The molecule has 0 atom stereocenters. The summed E-state index contributed by atoms with van der Waals surface area (Å²) in [6, 6.07) is 17.6. The first kappa shape index (κ1) is 14.1. The van der Waals surface area contributed by atoms with Gasteiger partial charge in [-0.25, -0.2) is 5.43 Å². The fourth-order valence-corrected chi connectivity index (χ4v) is 2.34. The highest BCUT2D eigenvalue weighted by Gasteiger charge is 2.07. The van der Waals surface area contributed by atoms with Gasteiger partial charge in [0.2, 0.25) is 5.91 Å². The molecule has 0 radical (unpaired) electrons. The number of carbonyl (C=O) groups is 1. The van der Waals surface area contributed by atoms with Gasteiger partial charge in [-0.1, -0.05) is 42.5 Å². The predicted octanol–water partition coefficient (Wildman–Crippen LogP) is 3.52. The zero-order chi connectivity index (χ0) is 15.4.